The molecule has 0 saturated carbocycles. The van der Waals surface area contributed by atoms with Gasteiger partial charge in [-0.25, -0.2) is 0 Å². The summed E-state index contributed by atoms with van der Waals surface area (Å²) in [5.41, 5.74) is 3.72. The van der Waals surface area contributed by atoms with Crippen LogP contribution in [0.15, 0.2) is 64.4 Å². The van der Waals surface area contributed by atoms with Crippen LogP contribution in [0.1, 0.15) is 55.5 Å². The first-order chi connectivity index (χ1) is 18.4. The van der Waals surface area contributed by atoms with Crippen LogP contribution >= 0.6 is 27.5 Å². The SMILES string of the molecule is CCO/N=C(\c1ccc(Br)cc1)C1CCN(C2(C)CCN(C(=O)c3ccnc4cc(Cl)ccc34)CC2)CC1. The van der Waals surface area contributed by atoms with Crippen LogP contribution in [0.5, 0.6) is 0 Å². The largest absolute Gasteiger partial charge is 0.396 e. The minimum absolute atomic E-state index is 0.0757. The van der Waals surface area contributed by atoms with Crippen molar-refractivity contribution < 1.29 is 9.63 Å². The van der Waals surface area contributed by atoms with E-state index in [4.69, 9.17) is 16.4 Å². The molecule has 6 nitrogen and oxygen atoms in total. The fraction of sp³-hybridized carbons (Fsp3) is 0.433. The molecule has 0 N–H and O–H groups in total. The molecule has 2 fully saturated rings. The van der Waals surface area contributed by atoms with Crippen LogP contribution < -0.4 is 0 Å². The quantitative estimate of drug-likeness (QED) is 0.232. The molecule has 200 valence electrons. The summed E-state index contributed by atoms with van der Waals surface area (Å²) in [5.74, 6) is 0.449. The van der Waals surface area contributed by atoms with Crippen LogP contribution in [0.2, 0.25) is 5.02 Å². The second-order valence-corrected chi connectivity index (χ2v) is 11.8. The van der Waals surface area contributed by atoms with Crippen molar-refractivity contribution in [3.05, 3.63) is 75.4 Å². The van der Waals surface area contributed by atoms with E-state index < -0.39 is 0 Å². The van der Waals surface area contributed by atoms with Gasteiger partial charge in [0.2, 0.25) is 0 Å². The summed E-state index contributed by atoms with van der Waals surface area (Å²) in [4.78, 5) is 28.0. The minimum Gasteiger partial charge on any atom is -0.396 e. The number of amides is 1. The Labute approximate surface area is 238 Å². The topological polar surface area (TPSA) is 58.0 Å². The summed E-state index contributed by atoms with van der Waals surface area (Å²) in [6.07, 6.45) is 5.72. The molecular formula is C30H34BrClN4O2. The van der Waals surface area contributed by atoms with Gasteiger partial charge in [0.1, 0.15) is 6.61 Å². The van der Waals surface area contributed by atoms with Gasteiger partial charge in [0.15, 0.2) is 0 Å². The predicted molar refractivity (Wildman–Crippen MR) is 157 cm³/mol. The van der Waals surface area contributed by atoms with Crippen LogP contribution in [0, 0.1) is 5.92 Å². The number of rotatable bonds is 6. The fourth-order valence-electron chi connectivity index (χ4n) is 5.80. The third-order valence-electron chi connectivity index (χ3n) is 8.14. The Morgan fingerprint density at radius 3 is 2.50 bits per heavy atom. The summed E-state index contributed by atoms with van der Waals surface area (Å²) in [6, 6.07) is 15.7. The maximum atomic E-state index is 13.5. The number of aromatic nitrogens is 1. The molecular weight excluding hydrogens is 564 g/mol. The van der Waals surface area contributed by atoms with Gasteiger partial charge in [-0.1, -0.05) is 50.9 Å². The number of carbonyl (C=O) groups excluding carboxylic acids is 1. The second-order valence-electron chi connectivity index (χ2n) is 10.5. The molecule has 0 radical (unpaired) electrons. The molecule has 3 aromatic rings. The molecule has 0 spiro atoms. The number of hydrogen-bond donors (Lipinski definition) is 0. The Morgan fingerprint density at radius 1 is 1.11 bits per heavy atom. The lowest BCUT2D eigenvalue weighted by molar-refractivity contribution is 0.0162. The van der Waals surface area contributed by atoms with Crippen molar-refractivity contribution in [3.8, 4) is 0 Å². The van der Waals surface area contributed by atoms with Crippen LogP contribution in [-0.2, 0) is 4.84 Å². The summed E-state index contributed by atoms with van der Waals surface area (Å²) in [5, 5.41) is 6.01. The standard InChI is InChI=1S/C30H34BrClN4O2/c1-3-38-34-28(21-4-6-23(31)7-5-21)22-11-16-36(17-12-22)30(2)13-18-35(19-14-30)29(37)26-10-15-33-27-20-24(32)8-9-25(26)27/h4-10,15,20,22H,3,11-14,16-19H2,1-2H3/b34-28+. The highest BCUT2D eigenvalue weighted by Gasteiger charge is 2.39. The number of oxime groups is 1. The van der Waals surface area contributed by atoms with Gasteiger partial charge < -0.3 is 9.74 Å². The predicted octanol–water partition coefficient (Wildman–Crippen LogP) is 6.80. The summed E-state index contributed by atoms with van der Waals surface area (Å²) >= 11 is 9.67. The Kier molecular flexibility index (Phi) is 8.36. The molecule has 1 aromatic heterocycles. The first-order valence-corrected chi connectivity index (χ1v) is 14.6. The summed E-state index contributed by atoms with van der Waals surface area (Å²) < 4.78 is 1.06. The first-order valence-electron chi connectivity index (χ1n) is 13.4. The van der Waals surface area contributed by atoms with Crippen LogP contribution in [-0.4, -0.2) is 64.7 Å². The Balaban J connectivity index is 1.22. The van der Waals surface area contributed by atoms with Gasteiger partial charge in [0.05, 0.1) is 16.8 Å². The summed E-state index contributed by atoms with van der Waals surface area (Å²) in [6.45, 7) is 8.44. The normalized spacial score (nSPS) is 19.1. The zero-order valence-electron chi connectivity index (χ0n) is 22.0. The van der Waals surface area contributed by atoms with E-state index in [1.807, 2.05) is 36.1 Å². The molecule has 3 heterocycles. The molecule has 5 rings (SSSR count). The van der Waals surface area contributed by atoms with E-state index >= 15 is 0 Å². The van der Waals surface area contributed by atoms with Gasteiger partial charge in [0.25, 0.3) is 5.91 Å². The van der Waals surface area contributed by atoms with E-state index in [2.05, 4.69) is 62.2 Å². The van der Waals surface area contributed by atoms with E-state index in [-0.39, 0.29) is 11.4 Å². The van der Waals surface area contributed by atoms with Gasteiger partial charge in [-0.05, 0) is 88.5 Å². The van der Waals surface area contributed by atoms with Crippen molar-refractivity contribution in [1.29, 1.82) is 0 Å². The van der Waals surface area contributed by atoms with Gasteiger partial charge in [-0.3, -0.25) is 14.7 Å². The zero-order valence-corrected chi connectivity index (χ0v) is 24.3. The number of halogens is 2. The lowest BCUT2D eigenvalue weighted by atomic mass is 9.82. The van der Waals surface area contributed by atoms with Gasteiger partial charge in [-0.15, -0.1) is 0 Å². The highest BCUT2D eigenvalue weighted by Crippen LogP contribution is 2.34. The molecule has 0 aliphatic carbocycles. The maximum absolute atomic E-state index is 13.5. The molecule has 8 heteroatoms. The molecule has 2 aliphatic rings. The van der Waals surface area contributed by atoms with Crippen LogP contribution in [0.3, 0.4) is 0 Å². The first kappa shape index (κ1) is 27.1. The van der Waals surface area contributed by atoms with Crippen molar-refractivity contribution in [2.75, 3.05) is 32.8 Å². The van der Waals surface area contributed by atoms with E-state index in [9.17, 15) is 4.79 Å². The minimum atomic E-state index is 0.0757. The van der Waals surface area contributed by atoms with Gasteiger partial charge in [-0.2, -0.15) is 0 Å². The number of hydrogen-bond acceptors (Lipinski definition) is 5. The van der Waals surface area contributed by atoms with Crippen molar-refractivity contribution in [2.24, 2.45) is 11.1 Å². The summed E-state index contributed by atoms with van der Waals surface area (Å²) in [7, 11) is 0. The van der Waals surface area contributed by atoms with Crippen molar-refractivity contribution in [1.82, 2.24) is 14.8 Å². The number of carbonyl (C=O) groups is 1. The van der Waals surface area contributed by atoms with Crippen LogP contribution in [0.25, 0.3) is 10.9 Å². The number of piperidine rings is 2. The van der Waals surface area contributed by atoms with E-state index in [1.165, 1.54) is 0 Å². The lowest BCUT2D eigenvalue weighted by Crippen LogP contribution is -2.56. The maximum Gasteiger partial charge on any atom is 0.254 e. The monoisotopic (exact) mass is 596 g/mol. The average molecular weight is 598 g/mol. The molecule has 1 amide bonds. The zero-order chi connectivity index (χ0) is 26.7. The molecule has 2 aliphatic heterocycles. The van der Waals surface area contributed by atoms with E-state index in [0.29, 0.717) is 23.1 Å². The Bertz CT molecular complexity index is 1310. The second kappa shape index (κ2) is 11.7. The number of pyridine rings is 1. The highest BCUT2D eigenvalue weighted by molar-refractivity contribution is 9.10. The molecule has 38 heavy (non-hydrogen) atoms. The van der Waals surface area contributed by atoms with Crippen molar-refractivity contribution >= 4 is 50.1 Å². The third kappa shape index (κ3) is 5.75. The molecule has 0 unspecified atom stereocenters. The number of benzene rings is 2. The fourth-order valence-corrected chi connectivity index (χ4v) is 6.23. The molecule has 2 aromatic carbocycles. The lowest BCUT2D eigenvalue weighted by Gasteiger charge is -2.49. The van der Waals surface area contributed by atoms with Crippen molar-refractivity contribution in [3.63, 3.8) is 0 Å². The Hall–Kier alpha value is -2.48. The van der Waals surface area contributed by atoms with E-state index in [0.717, 1.165) is 78.5 Å². The number of nitrogens with zero attached hydrogens (tertiary/aromatic N) is 4. The Morgan fingerprint density at radius 2 is 1.82 bits per heavy atom. The molecule has 0 bridgehead atoms. The molecule has 2 saturated heterocycles. The third-order valence-corrected chi connectivity index (χ3v) is 8.90. The van der Waals surface area contributed by atoms with Crippen molar-refractivity contribution in [2.45, 2.75) is 45.1 Å². The van der Waals surface area contributed by atoms with Crippen LogP contribution in [0.4, 0.5) is 0 Å². The number of likely N-dealkylation sites (tertiary alicyclic amines) is 2. The number of fused-ring (bicyclic) bond motifs is 1. The highest BCUT2D eigenvalue weighted by atomic mass is 79.9. The van der Waals surface area contributed by atoms with Gasteiger partial charge >= 0.3 is 0 Å². The smallest absolute Gasteiger partial charge is 0.254 e. The van der Waals surface area contributed by atoms with Gasteiger partial charge in [0, 0.05) is 45.6 Å². The van der Waals surface area contributed by atoms with E-state index in [1.54, 1.807) is 6.20 Å². The molecule has 0 atom stereocenters. The average Bonchev–Trinajstić information content (AvgIpc) is 2.94.